The zero-order chi connectivity index (χ0) is 17.0. The van der Waals surface area contributed by atoms with Gasteiger partial charge in [-0.1, -0.05) is 12.1 Å². The molecule has 0 bridgehead atoms. The number of rotatable bonds is 5. The molecule has 0 aliphatic carbocycles. The fourth-order valence-corrected chi connectivity index (χ4v) is 2.16. The molecule has 2 aromatic carbocycles. The van der Waals surface area contributed by atoms with Crippen LogP contribution >= 0.6 is 0 Å². The van der Waals surface area contributed by atoms with Gasteiger partial charge < -0.3 is 10.1 Å². The lowest BCUT2D eigenvalue weighted by Gasteiger charge is -2.17. The number of carbonyl (C=O) groups excluding carboxylic acids is 1. The maximum Gasteiger partial charge on any atom is 0.254 e. The minimum atomic E-state index is -0.756. The predicted molar refractivity (Wildman–Crippen MR) is 84.4 cm³/mol. The number of hydrogen-bond acceptors (Lipinski definition) is 2. The van der Waals surface area contributed by atoms with E-state index in [9.17, 15) is 13.6 Å². The Labute approximate surface area is 134 Å². The normalized spacial score (nSPS) is 12.1. The van der Waals surface area contributed by atoms with Crippen molar-refractivity contribution >= 4 is 5.91 Å². The van der Waals surface area contributed by atoms with Crippen molar-refractivity contribution in [1.82, 2.24) is 5.32 Å². The van der Waals surface area contributed by atoms with Crippen LogP contribution in [0.1, 0.15) is 42.7 Å². The van der Waals surface area contributed by atoms with Crippen molar-refractivity contribution in [3.63, 3.8) is 0 Å². The van der Waals surface area contributed by atoms with Gasteiger partial charge in [-0.15, -0.1) is 0 Å². The van der Waals surface area contributed by atoms with Crippen molar-refractivity contribution < 1.29 is 18.3 Å². The molecule has 0 fully saturated rings. The monoisotopic (exact) mass is 319 g/mol. The molecule has 1 atom stereocenters. The summed E-state index contributed by atoms with van der Waals surface area (Å²) >= 11 is 0. The fourth-order valence-electron chi connectivity index (χ4n) is 2.16. The number of benzene rings is 2. The van der Waals surface area contributed by atoms with Gasteiger partial charge in [-0.05, 0) is 56.7 Å². The van der Waals surface area contributed by atoms with E-state index in [1.54, 1.807) is 6.92 Å². The molecule has 0 aliphatic heterocycles. The van der Waals surface area contributed by atoms with Crippen molar-refractivity contribution in [3.8, 4) is 5.75 Å². The van der Waals surface area contributed by atoms with E-state index in [-0.39, 0.29) is 17.7 Å². The second-order valence-corrected chi connectivity index (χ2v) is 5.56. The van der Waals surface area contributed by atoms with Gasteiger partial charge in [-0.2, -0.15) is 0 Å². The van der Waals surface area contributed by atoms with Gasteiger partial charge in [0.25, 0.3) is 5.91 Å². The number of carbonyl (C=O) groups is 1. The lowest BCUT2D eigenvalue weighted by Crippen LogP contribution is -2.27. The number of hydrogen-bond donors (Lipinski definition) is 1. The summed E-state index contributed by atoms with van der Waals surface area (Å²) in [5, 5.41) is 2.66. The highest BCUT2D eigenvalue weighted by Gasteiger charge is 2.16. The van der Waals surface area contributed by atoms with Crippen molar-refractivity contribution in [1.29, 1.82) is 0 Å². The average Bonchev–Trinajstić information content (AvgIpc) is 2.49. The first-order valence-corrected chi connectivity index (χ1v) is 7.39. The van der Waals surface area contributed by atoms with E-state index in [0.29, 0.717) is 5.75 Å². The summed E-state index contributed by atoms with van der Waals surface area (Å²) in [4.78, 5) is 12.1. The van der Waals surface area contributed by atoms with Crippen LogP contribution in [0, 0.1) is 11.6 Å². The molecule has 0 saturated heterocycles. The van der Waals surface area contributed by atoms with Crippen LogP contribution < -0.4 is 10.1 Å². The summed E-state index contributed by atoms with van der Waals surface area (Å²) in [5.74, 6) is -1.38. The molecule has 23 heavy (non-hydrogen) atoms. The first-order chi connectivity index (χ1) is 10.9. The number of halogens is 2. The first-order valence-electron chi connectivity index (χ1n) is 7.39. The molecule has 5 heteroatoms. The lowest BCUT2D eigenvalue weighted by atomic mass is 10.1. The Morgan fingerprint density at radius 3 is 2.52 bits per heavy atom. The van der Waals surface area contributed by atoms with Gasteiger partial charge in [-0.3, -0.25) is 4.79 Å². The van der Waals surface area contributed by atoms with E-state index in [2.05, 4.69) is 5.32 Å². The molecule has 3 nitrogen and oxygen atoms in total. The van der Waals surface area contributed by atoms with Gasteiger partial charge in [0.05, 0.1) is 17.7 Å². The minimum absolute atomic E-state index is 0.0385. The van der Waals surface area contributed by atoms with Crippen LogP contribution in [-0.4, -0.2) is 12.0 Å². The number of nitrogens with one attached hydrogen (secondary N) is 1. The molecule has 0 saturated carbocycles. The van der Waals surface area contributed by atoms with Gasteiger partial charge in [-0.25, -0.2) is 8.78 Å². The van der Waals surface area contributed by atoms with Crippen LogP contribution in [0.25, 0.3) is 0 Å². The quantitative estimate of drug-likeness (QED) is 0.895. The maximum absolute atomic E-state index is 13.6. The molecule has 122 valence electrons. The Morgan fingerprint density at radius 2 is 1.83 bits per heavy atom. The topological polar surface area (TPSA) is 38.3 Å². The van der Waals surface area contributed by atoms with Crippen LogP contribution in [0.4, 0.5) is 8.78 Å². The predicted octanol–water partition coefficient (Wildman–Crippen LogP) is 4.24. The molecule has 0 spiro atoms. The Hall–Kier alpha value is -2.43. The third-order valence-electron chi connectivity index (χ3n) is 3.25. The largest absolute Gasteiger partial charge is 0.491 e. The lowest BCUT2D eigenvalue weighted by molar-refractivity contribution is 0.0935. The Morgan fingerprint density at radius 1 is 1.09 bits per heavy atom. The molecule has 0 aliphatic rings. The molecular weight excluding hydrogens is 300 g/mol. The highest BCUT2D eigenvalue weighted by molar-refractivity contribution is 5.94. The Kier molecular flexibility index (Phi) is 5.32. The van der Waals surface area contributed by atoms with E-state index in [0.717, 1.165) is 23.8 Å². The summed E-state index contributed by atoms with van der Waals surface area (Å²) in [6, 6.07) is 9.71. The molecule has 1 amide bonds. The van der Waals surface area contributed by atoms with Crippen LogP contribution in [0.15, 0.2) is 42.5 Å². The molecule has 2 rings (SSSR count). The van der Waals surface area contributed by atoms with Gasteiger partial charge in [0.2, 0.25) is 0 Å². The average molecular weight is 319 g/mol. The smallest absolute Gasteiger partial charge is 0.254 e. The third-order valence-corrected chi connectivity index (χ3v) is 3.25. The van der Waals surface area contributed by atoms with E-state index >= 15 is 0 Å². The zero-order valence-electron chi connectivity index (χ0n) is 13.3. The summed E-state index contributed by atoms with van der Waals surface area (Å²) in [5.41, 5.74) is 0.500. The fraction of sp³-hybridized carbons (Fsp3) is 0.278. The standard InChI is InChI=1S/C18H19F2NO2/c1-11(2)23-15-6-4-5-13(9-15)12(3)21-18(22)16-10-14(19)7-8-17(16)20/h4-12H,1-3H3,(H,21,22)/t12-/m0/s1. The molecule has 1 N–H and O–H groups in total. The van der Waals surface area contributed by atoms with Gasteiger partial charge in [0, 0.05) is 0 Å². The van der Waals surface area contributed by atoms with Crippen molar-refractivity contribution in [2.45, 2.75) is 32.9 Å². The number of ether oxygens (including phenoxy) is 1. The first kappa shape index (κ1) is 16.9. The molecule has 0 unspecified atom stereocenters. The highest BCUT2D eigenvalue weighted by atomic mass is 19.1. The van der Waals surface area contributed by atoms with Crippen molar-refractivity contribution in [2.24, 2.45) is 0 Å². The number of amides is 1. The molecule has 0 radical (unpaired) electrons. The maximum atomic E-state index is 13.6. The zero-order valence-corrected chi connectivity index (χ0v) is 13.3. The third kappa shape index (κ3) is 4.52. The molecule has 0 aromatic heterocycles. The van der Waals surface area contributed by atoms with Crippen LogP contribution in [0.3, 0.4) is 0 Å². The Balaban J connectivity index is 2.13. The van der Waals surface area contributed by atoms with Crippen molar-refractivity contribution in [2.75, 3.05) is 0 Å². The SMILES string of the molecule is CC(C)Oc1cccc([C@H](C)NC(=O)c2cc(F)ccc2F)c1. The minimum Gasteiger partial charge on any atom is -0.491 e. The summed E-state index contributed by atoms with van der Waals surface area (Å²) < 4.78 is 32.4. The van der Waals surface area contributed by atoms with E-state index in [4.69, 9.17) is 4.74 Å². The van der Waals surface area contributed by atoms with Gasteiger partial charge in [0.1, 0.15) is 17.4 Å². The molecule has 2 aromatic rings. The van der Waals surface area contributed by atoms with Gasteiger partial charge in [0.15, 0.2) is 0 Å². The van der Waals surface area contributed by atoms with Crippen molar-refractivity contribution in [3.05, 3.63) is 65.2 Å². The van der Waals surface area contributed by atoms with Crippen LogP contribution in [-0.2, 0) is 0 Å². The summed E-state index contributed by atoms with van der Waals surface area (Å²) in [6.45, 7) is 5.61. The summed E-state index contributed by atoms with van der Waals surface area (Å²) in [7, 11) is 0. The molecular formula is C18H19F2NO2. The van der Waals surface area contributed by atoms with E-state index < -0.39 is 17.5 Å². The van der Waals surface area contributed by atoms with Crippen LogP contribution in [0.2, 0.25) is 0 Å². The molecule has 0 heterocycles. The Bertz CT molecular complexity index is 701. The second-order valence-electron chi connectivity index (χ2n) is 5.56. The van der Waals surface area contributed by atoms with Crippen LogP contribution in [0.5, 0.6) is 5.75 Å². The summed E-state index contributed by atoms with van der Waals surface area (Å²) in [6.07, 6.45) is 0.0385. The van der Waals surface area contributed by atoms with E-state index in [1.807, 2.05) is 38.1 Å². The van der Waals surface area contributed by atoms with Gasteiger partial charge >= 0.3 is 0 Å². The highest BCUT2D eigenvalue weighted by Crippen LogP contribution is 2.21. The van der Waals surface area contributed by atoms with E-state index in [1.165, 1.54) is 0 Å². The second kappa shape index (κ2) is 7.22.